The highest BCUT2D eigenvalue weighted by atomic mass is 16.5. The van der Waals surface area contributed by atoms with Gasteiger partial charge in [-0.05, 0) is 37.1 Å². The van der Waals surface area contributed by atoms with Gasteiger partial charge in [0.15, 0.2) is 0 Å². The molecule has 2 fully saturated rings. The van der Waals surface area contributed by atoms with Gasteiger partial charge in [-0.25, -0.2) is 4.98 Å². The molecule has 3 N–H and O–H groups in total. The van der Waals surface area contributed by atoms with Crippen molar-refractivity contribution in [1.29, 1.82) is 0 Å². The topological polar surface area (TPSA) is 100 Å². The van der Waals surface area contributed by atoms with E-state index in [4.69, 9.17) is 10.5 Å². The summed E-state index contributed by atoms with van der Waals surface area (Å²) in [6.45, 7) is 5.26. The number of carbonyl (C=O) groups excluding carboxylic acids is 1. The van der Waals surface area contributed by atoms with E-state index in [-0.39, 0.29) is 5.69 Å². The van der Waals surface area contributed by atoms with E-state index in [1.807, 2.05) is 12.1 Å². The number of hydrogen-bond donors (Lipinski definition) is 2. The molecular formula is C23H26N6O2. The summed E-state index contributed by atoms with van der Waals surface area (Å²) >= 11 is 0. The molecule has 5 rings (SSSR count). The maximum Gasteiger partial charge on any atom is 0.267 e. The normalized spacial score (nSPS) is 16.6. The molecule has 8 heteroatoms. The number of rotatable bonds is 5. The molecule has 2 aromatic heterocycles. The Morgan fingerprint density at radius 1 is 1.00 bits per heavy atom. The average Bonchev–Trinajstić information content (AvgIpc) is 3.53. The van der Waals surface area contributed by atoms with Gasteiger partial charge in [-0.3, -0.25) is 9.89 Å². The second kappa shape index (κ2) is 8.39. The number of aromatic amines is 1. The summed E-state index contributed by atoms with van der Waals surface area (Å²) in [6, 6.07) is 10.3. The number of carbonyl (C=O) groups is 1. The molecule has 0 bridgehead atoms. The van der Waals surface area contributed by atoms with E-state index in [0.717, 1.165) is 61.8 Å². The van der Waals surface area contributed by atoms with Crippen LogP contribution in [0.4, 0.5) is 11.4 Å². The van der Waals surface area contributed by atoms with Crippen LogP contribution in [-0.4, -0.2) is 60.5 Å². The predicted molar refractivity (Wildman–Crippen MR) is 120 cm³/mol. The maximum absolute atomic E-state index is 12.4. The molecule has 0 unspecified atom stereocenters. The van der Waals surface area contributed by atoms with E-state index in [1.54, 1.807) is 12.4 Å². The number of benzene rings is 1. The van der Waals surface area contributed by atoms with Crippen LogP contribution in [0.25, 0.3) is 22.4 Å². The van der Waals surface area contributed by atoms with Gasteiger partial charge in [-0.1, -0.05) is 6.07 Å². The summed E-state index contributed by atoms with van der Waals surface area (Å²) in [5.41, 5.74) is 11.6. The van der Waals surface area contributed by atoms with Crippen molar-refractivity contribution < 1.29 is 9.53 Å². The molecule has 1 aromatic carbocycles. The van der Waals surface area contributed by atoms with Crippen LogP contribution in [0.3, 0.4) is 0 Å². The summed E-state index contributed by atoms with van der Waals surface area (Å²) in [7, 11) is 0. The van der Waals surface area contributed by atoms with Crippen LogP contribution in [0.1, 0.15) is 23.3 Å². The average molecular weight is 419 g/mol. The number of anilines is 2. The van der Waals surface area contributed by atoms with Crippen LogP contribution in [0.2, 0.25) is 0 Å². The van der Waals surface area contributed by atoms with Crippen molar-refractivity contribution in [2.24, 2.45) is 5.73 Å². The first-order chi connectivity index (χ1) is 15.2. The van der Waals surface area contributed by atoms with E-state index >= 15 is 0 Å². The number of H-pyrrole nitrogens is 1. The second-order valence-electron chi connectivity index (χ2n) is 7.94. The molecular weight excluding hydrogens is 392 g/mol. The monoisotopic (exact) mass is 418 g/mol. The quantitative estimate of drug-likeness (QED) is 0.661. The van der Waals surface area contributed by atoms with Gasteiger partial charge in [0.2, 0.25) is 0 Å². The Morgan fingerprint density at radius 3 is 2.48 bits per heavy atom. The van der Waals surface area contributed by atoms with E-state index in [2.05, 4.69) is 43.2 Å². The third kappa shape index (κ3) is 3.86. The van der Waals surface area contributed by atoms with Crippen LogP contribution in [0.15, 0.2) is 42.7 Å². The zero-order valence-corrected chi connectivity index (χ0v) is 17.4. The molecule has 0 spiro atoms. The minimum atomic E-state index is -0.537. The number of morpholine rings is 1. The fourth-order valence-corrected chi connectivity index (χ4v) is 4.40. The van der Waals surface area contributed by atoms with Gasteiger partial charge in [-0.15, -0.1) is 0 Å². The number of pyridine rings is 1. The fraction of sp³-hybridized carbons (Fsp3) is 0.348. The standard InChI is InChI=1S/C23H26N6O2/c24-23(30)22-19(5-6-20(27-22)16-14-25-26-15-16)18-4-3-17(28-9-11-31-12-10-28)13-21(18)29-7-1-2-8-29/h3-6,13-15H,1-2,7-12H2,(H2,24,30)(H,25,26). The van der Waals surface area contributed by atoms with Gasteiger partial charge in [0.05, 0.1) is 25.1 Å². The molecule has 31 heavy (non-hydrogen) atoms. The number of ether oxygens (including phenoxy) is 1. The molecule has 160 valence electrons. The van der Waals surface area contributed by atoms with E-state index in [9.17, 15) is 4.79 Å². The first-order valence-corrected chi connectivity index (χ1v) is 10.7. The highest BCUT2D eigenvalue weighted by Gasteiger charge is 2.23. The molecule has 2 aliphatic rings. The number of hydrogen-bond acceptors (Lipinski definition) is 6. The first kappa shape index (κ1) is 19.6. The highest BCUT2D eigenvalue weighted by Crippen LogP contribution is 2.38. The Balaban J connectivity index is 1.60. The van der Waals surface area contributed by atoms with Crippen LogP contribution >= 0.6 is 0 Å². The molecule has 3 aromatic rings. The van der Waals surface area contributed by atoms with E-state index < -0.39 is 5.91 Å². The predicted octanol–water partition coefficient (Wildman–Crippen LogP) is 2.67. The Bertz CT molecular complexity index is 1070. The lowest BCUT2D eigenvalue weighted by atomic mass is 9.98. The number of primary amides is 1. The smallest absolute Gasteiger partial charge is 0.267 e. The first-order valence-electron chi connectivity index (χ1n) is 10.7. The molecule has 8 nitrogen and oxygen atoms in total. The van der Waals surface area contributed by atoms with Crippen LogP contribution in [0.5, 0.6) is 0 Å². The van der Waals surface area contributed by atoms with Gasteiger partial charge in [0.25, 0.3) is 5.91 Å². The summed E-state index contributed by atoms with van der Waals surface area (Å²) < 4.78 is 5.51. The van der Waals surface area contributed by atoms with Gasteiger partial charge in [0.1, 0.15) is 5.69 Å². The molecule has 0 saturated carbocycles. The molecule has 0 aliphatic carbocycles. The Morgan fingerprint density at radius 2 is 1.77 bits per heavy atom. The van der Waals surface area contributed by atoms with Crippen molar-refractivity contribution in [3.05, 3.63) is 48.4 Å². The lowest BCUT2D eigenvalue weighted by Crippen LogP contribution is -2.36. The summed E-state index contributed by atoms with van der Waals surface area (Å²) in [5.74, 6) is -0.537. The largest absolute Gasteiger partial charge is 0.378 e. The number of nitrogens with one attached hydrogen (secondary N) is 1. The number of nitrogens with two attached hydrogens (primary N) is 1. The van der Waals surface area contributed by atoms with E-state index in [1.165, 1.54) is 18.5 Å². The minimum Gasteiger partial charge on any atom is -0.378 e. The summed E-state index contributed by atoms with van der Waals surface area (Å²) in [4.78, 5) is 21.7. The number of nitrogens with zero attached hydrogens (tertiary/aromatic N) is 4. The molecule has 1 amide bonds. The van der Waals surface area contributed by atoms with Crippen LogP contribution in [0, 0.1) is 0 Å². The van der Waals surface area contributed by atoms with Gasteiger partial charge in [0, 0.05) is 60.4 Å². The zero-order valence-electron chi connectivity index (χ0n) is 17.4. The van der Waals surface area contributed by atoms with Gasteiger partial charge in [-0.2, -0.15) is 5.10 Å². The maximum atomic E-state index is 12.4. The molecule has 0 atom stereocenters. The molecule has 4 heterocycles. The molecule has 2 aliphatic heterocycles. The van der Waals surface area contributed by atoms with Gasteiger partial charge < -0.3 is 20.3 Å². The van der Waals surface area contributed by atoms with Crippen LogP contribution in [-0.2, 0) is 4.74 Å². The zero-order chi connectivity index (χ0) is 21.2. The summed E-state index contributed by atoms with van der Waals surface area (Å²) in [5, 5.41) is 6.75. The Hall–Kier alpha value is -3.39. The van der Waals surface area contributed by atoms with Gasteiger partial charge >= 0.3 is 0 Å². The SMILES string of the molecule is NC(=O)c1nc(-c2cn[nH]c2)ccc1-c1ccc(N2CCOCC2)cc1N1CCCC1. The van der Waals surface area contributed by atoms with Crippen molar-refractivity contribution in [1.82, 2.24) is 15.2 Å². The summed E-state index contributed by atoms with van der Waals surface area (Å²) in [6.07, 6.45) is 5.77. The van der Waals surface area contributed by atoms with Crippen molar-refractivity contribution in [2.45, 2.75) is 12.8 Å². The molecule has 2 saturated heterocycles. The van der Waals surface area contributed by atoms with Crippen LogP contribution < -0.4 is 15.5 Å². The lowest BCUT2D eigenvalue weighted by Gasteiger charge is -2.31. The third-order valence-electron chi connectivity index (χ3n) is 6.02. The van der Waals surface area contributed by atoms with E-state index in [0.29, 0.717) is 5.69 Å². The van der Waals surface area contributed by atoms with Crippen molar-refractivity contribution in [3.63, 3.8) is 0 Å². The third-order valence-corrected chi connectivity index (χ3v) is 6.02. The molecule has 0 radical (unpaired) electrons. The lowest BCUT2D eigenvalue weighted by molar-refractivity contribution is 0.0996. The van der Waals surface area contributed by atoms with Crippen molar-refractivity contribution >= 4 is 17.3 Å². The van der Waals surface area contributed by atoms with Crippen molar-refractivity contribution in [2.75, 3.05) is 49.2 Å². The fourth-order valence-electron chi connectivity index (χ4n) is 4.40. The van der Waals surface area contributed by atoms with Crippen molar-refractivity contribution in [3.8, 4) is 22.4 Å². The number of aromatic nitrogens is 3. The Labute approximate surface area is 181 Å². The second-order valence-corrected chi connectivity index (χ2v) is 7.94. The Kier molecular flexibility index (Phi) is 5.30. The number of amides is 1. The highest BCUT2D eigenvalue weighted by molar-refractivity contribution is 6.00. The minimum absolute atomic E-state index is 0.276.